The number of carbonyl (C=O) groups is 1. The van der Waals surface area contributed by atoms with Crippen molar-refractivity contribution in [2.75, 3.05) is 6.54 Å². The number of nitrogens with zero attached hydrogens (tertiary/aromatic N) is 1. The van der Waals surface area contributed by atoms with Gasteiger partial charge in [0.2, 0.25) is 10.0 Å². The SMILES string of the molecule is Cc1ccc(Br)cc1S(=O)(=O)N1CCC[C@@H]1C(=O)O. The van der Waals surface area contributed by atoms with Gasteiger partial charge in [0.05, 0.1) is 4.90 Å². The first-order chi connectivity index (χ1) is 8.84. The zero-order valence-corrected chi connectivity index (χ0v) is 12.7. The molecule has 1 aliphatic rings. The van der Waals surface area contributed by atoms with Crippen LogP contribution in [0.2, 0.25) is 0 Å². The third kappa shape index (κ3) is 2.68. The molecule has 1 heterocycles. The molecule has 0 saturated carbocycles. The topological polar surface area (TPSA) is 74.7 Å². The van der Waals surface area contributed by atoms with Gasteiger partial charge in [0.25, 0.3) is 0 Å². The van der Waals surface area contributed by atoms with E-state index in [1.165, 1.54) is 6.07 Å². The van der Waals surface area contributed by atoms with E-state index in [4.69, 9.17) is 5.11 Å². The van der Waals surface area contributed by atoms with Gasteiger partial charge in [0.15, 0.2) is 0 Å². The summed E-state index contributed by atoms with van der Waals surface area (Å²) in [4.78, 5) is 11.3. The van der Waals surface area contributed by atoms with Crippen LogP contribution >= 0.6 is 15.9 Å². The van der Waals surface area contributed by atoms with Gasteiger partial charge in [0, 0.05) is 11.0 Å². The van der Waals surface area contributed by atoms with Crippen LogP contribution in [0.5, 0.6) is 0 Å². The lowest BCUT2D eigenvalue weighted by molar-refractivity contribution is -0.140. The minimum absolute atomic E-state index is 0.162. The van der Waals surface area contributed by atoms with Crippen LogP contribution < -0.4 is 0 Å². The highest BCUT2D eigenvalue weighted by Gasteiger charge is 2.39. The summed E-state index contributed by atoms with van der Waals surface area (Å²) in [6.07, 6.45) is 0.935. The summed E-state index contributed by atoms with van der Waals surface area (Å²) in [5, 5.41) is 9.10. The molecule has 19 heavy (non-hydrogen) atoms. The zero-order valence-electron chi connectivity index (χ0n) is 10.3. The summed E-state index contributed by atoms with van der Waals surface area (Å²) >= 11 is 3.24. The molecule has 1 aromatic carbocycles. The Labute approximate surface area is 120 Å². The van der Waals surface area contributed by atoms with Crippen molar-refractivity contribution >= 4 is 31.9 Å². The summed E-state index contributed by atoms with van der Waals surface area (Å²) in [6.45, 7) is 1.95. The van der Waals surface area contributed by atoms with Crippen LogP contribution in [0, 0.1) is 6.92 Å². The first-order valence-electron chi connectivity index (χ1n) is 5.85. The first-order valence-corrected chi connectivity index (χ1v) is 8.08. The highest BCUT2D eigenvalue weighted by atomic mass is 79.9. The molecule has 2 rings (SSSR count). The maximum Gasteiger partial charge on any atom is 0.322 e. The number of halogens is 1. The predicted molar refractivity (Wildman–Crippen MR) is 73.4 cm³/mol. The summed E-state index contributed by atoms with van der Waals surface area (Å²) in [5.74, 6) is -1.09. The molecule has 1 aromatic rings. The van der Waals surface area contributed by atoms with Gasteiger partial charge in [-0.05, 0) is 37.5 Å². The molecule has 1 atom stereocenters. The minimum atomic E-state index is -3.76. The van der Waals surface area contributed by atoms with Crippen molar-refractivity contribution in [2.45, 2.75) is 30.7 Å². The third-order valence-corrected chi connectivity index (χ3v) is 5.77. The fourth-order valence-electron chi connectivity index (χ4n) is 2.25. The smallest absolute Gasteiger partial charge is 0.322 e. The van der Waals surface area contributed by atoms with E-state index in [0.29, 0.717) is 22.9 Å². The predicted octanol–water partition coefficient (Wildman–Crippen LogP) is 2.00. The van der Waals surface area contributed by atoms with Crippen molar-refractivity contribution in [1.29, 1.82) is 0 Å². The molecular formula is C12H14BrNO4S. The van der Waals surface area contributed by atoms with Crippen LogP contribution in [0.25, 0.3) is 0 Å². The molecular weight excluding hydrogens is 334 g/mol. The van der Waals surface area contributed by atoms with E-state index in [0.717, 1.165) is 4.31 Å². The molecule has 0 unspecified atom stereocenters. The number of aliphatic carboxylic acids is 1. The van der Waals surface area contributed by atoms with Crippen LogP contribution in [0.3, 0.4) is 0 Å². The molecule has 7 heteroatoms. The van der Waals surface area contributed by atoms with Gasteiger partial charge in [-0.1, -0.05) is 22.0 Å². The Morgan fingerprint density at radius 1 is 1.47 bits per heavy atom. The zero-order chi connectivity index (χ0) is 14.2. The first kappa shape index (κ1) is 14.5. The van der Waals surface area contributed by atoms with E-state index in [2.05, 4.69) is 15.9 Å². The number of carboxylic acid groups (broad SMARTS) is 1. The number of aryl methyl sites for hydroxylation is 1. The Hall–Kier alpha value is -0.920. The van der Waals surface area contributed by atoms with E-state index in [1.807, 2.05) is 0 Å². The van der Waals surface area contributed by atoms with E-state index in [-0.39, 0.29) is 11.4 Å². The maximum absolute atomic E-state index is 12.6. The fraction of sp³-hybridized carbons (Fsp3) is 0.417. The molecule has 5 nitrogen and oxygen atoms in total. The van der Waals surface area contributed by atoms with Crippen molar-refractivity contribution in [1.82, 2.24) is 4.31 Å². The van der Waals surface area contributed by atoms with Crippen LogP contribution in [-0.2, 0) is 14.8 Å². The second-order valence-corrected chi connectivity index (χ2v) is 7.30. The van der Waals surface area contributed by atoms with E-state index in [9.17, 15) is 13.2 Å². The molecule has 1 aliphatic heterocycles. The van der Waals surface area contributed by atoms with Crippen molar-refractivity contribution in [2.24, 2.45) is 0 Å². The van der Waals surface area contributed by atoms with Gasteiger partial charge in [-0.25, -0.2) is 8.42 Å². The van der Waals surface area contributed by atoms with E-state index >= 15 is 0 Å². The van der Waals surface area contributed by atoms with Gasteiger partial charge < -0.3 is 5.11 Å². The molecule has 1 saturated heterocycles. The third-order valence-electron chi connectivity index (χ3n) is 3.23. The molecule has 1 N–H and O–H groups in total. The minimum Gasteiger partial charge on any atom is -0.480 e. The van der Waals surface area contributed by atoms with Crippen molar-refractivity contribution in [3.8, 4) is 0 Å². The average molecular weight is 348 g/mol. The maximum atomic E-state index is 12.6. The van der Waals surface area contributed by atoms with Crippen LogP contribution in [0.4, 0.5) is 0 Å². The Balaban J connectivity index is 2.48. The number of hydrogen-bond donors (Lipinski definition) is 1. The molecule has 0 amide bonds. The molecule has 0 bridgehead atoms. The van der Waals surface area contributed by atoms with Crippen LogP contribution in [-0.4, -0.2) is 36.4 Å². The normalized spacial score (nSPS) is 20.6. The Morgan fingerprint density at radius 2 is 2.16 bits per heavy atom. The molecule has 0 aliphatic carbocycles. The van der Waals surface area contributed by atoms with Gasteiger partial charge in [-0.15, -0.1) is 0 Å². The Morgan fingerprint density at radius 3 is 2.79 bits per heavy atom. The molecule has 0 spiro atoms. The monoisotopic (exact) mass is 347 g/mol. The van der Waals surface area contributed by atoms with Gasteiger partial charge in [-0.3, -0.25) is 4.79 Å². The van der Waals surface area contributed by atoms with Gasteiger partial charge in [-0.2, -0.15) is 4.31 Å². The molecule has 0 radical (unpaired) electrons. The van der Waals surface area contributed by atoms with E-state index in [1.54, 1.807) is 19.1 Å². The summed E-state index contributed by atoms with van der Waals surface area (Å²) in [6, 6.07) is 4.01. The van der Waals surface area contributed by atoms with Crippen LogP contribution in [0.15, 0.2) is 27.6 Å². The lowest BCUT2D eigenvalue weighted by Gasteiger charge is -2.22. The lowest BCUT2D eigenvalue weighted by atomic mass is 10.2. The number of rotatable bonds is 3. The highest BCUT2D eigenvalue weighted by Crippen LogP contribution is 2.29. The Kier molecular flexibility index (Phi) is 3.98. The largest absolute Gasteiger partial charge is 0.480 e. The number of sulfonamides is 1. The van der Waals surface area contributed by atoms with Crippen LogP contribution in [0.1, 0.15) is 18.4 Å². The van der Waals surface area contributed by atoms with E-state index < -0.39 is 22.0 Å². The molecule has 104 valence electrons. The second-order valence-electron chi connectivity index (χ2n) is 4.52. The fourth-order valence-corrected chi connectivity index (χ4v) is 4.67. The number of carboxylic acids is 1. The number of hydrogen-bond acceptors (Lipinski definition) is 3. The molecule has 1 fully saturated rings. The number of benzene rings is 1. The average Bonchev–Trinajstić information content (AvgIpc) is 2.82. The highest BCUT2D eigenvalue weighted by molar-refractivity contribution is 9.10. The standard InChI is InChI=1S/C12H14BrNO4S/c1-8-4-5-9(13)7-11(8)19(17,18)14-6-2-3-10(14)12(15)16/h4-5,7,10H,2-3,6H2,1H3,(H,15,16)/t10-/m1/s1. The van der Waals surface area contributed by atoms with Gasteiger partial charge >= 0.3 is 5.97 Å². The summed E-state index contributed by atoms with van der Waals surface area (Å²) in [7, 11) is -3.76. The summed E-state index contributed by atoms with van der Waals surface area (Å²) in [5.41, 5.74) is 0.610. The van der Waals surface area contributed by atoms with Crippen molar-refractivity contribution in [3.05, 3.63) is 28.2 Å². The lowest BCUT2D eigenvalue weighted by Crippen LogP contribution is -2.40. The molecule has 0 aromatic heterocycles. The van der Waals surface area contributed by atoms with Gasteiger partial charge in [0.1, 0.15) is 6.04 Å². The Bertz CT molecular complexity index is 614. The summed E-state index contributed by atoms with van der Waals surface area (Å²) < 4.78 is 26.9. The second kappa shape index (κ2) is 5.22. The quantitative estimate of drug-likeness (QED) is 0.907. The van der Waals surface area contributed by atoms with Crippen molar-refractivity contribution in [3.63, 3.8) is 0 Å². The van der Waals surface area contributed by atoms with Crippen molar-refractivity contribution < 1.29 is 18.3 Å².